The second-order valence-electron chi connectivity index (χ2n) is 7.04. The highest BCUT2D eigenvalue weighted by molar-refractivity contribution is 5.94. The minimum absolute atomic E-state index is 0.0907. The van der Waals surface area contributed by atoms with Crippen molar-refractivity contribution in [1.29, 1.82) is 0 Å². The van der Waals surface area contributed by atoms with Crippen molar-refractivity contribution >= 4 is 5.91 Å². The molecule has 1 unspecified atom stereocenters. The van der Waals surface area contributed by atoms with Crippen molar-refractivity contribution in [2.24, 2.45) is 0 Å². The molecule has 5 nitrogen and oxygen atoms in total. The van der Waals surface area contributed by atoms with Crippen molar-refractivity contribution < 1.29 is 9.53 Å². The van der Waals surface area contributed by atoms with Gasteiger partial charge in [0.15, 0.2) is 0 Å². The summed E-state index contributed by atoms with van der Waals surface area (Å²) in [6, 6.07) is 21.7. The van der Waals surface area contributed by atoms with Crippen LogP contribution >= 0.6 is 0 Å². The second kappa shape index (κ2) is 8.21. The molecule has 0 spiro atoms. The van der Waals surface area contributed by atoms with Crippen LogP contribution in [-0.2, 0) is 0 Å². The van der Waals surface area contributed by atoms with E-state index < -0.39 is 0 Å². The summed E-state index contributed by atoms with van der Waals surface area (Å²) >= 11 is 0. The number of nitrogens with zero attached hydrogens (tertiary/aromatic N) is 3. The first-order valence-electron chi connectivity index (χ1n) is 9.57. The molecule has 0 bridgehead atoms. The Balaban J connectivity index is 1.47. The highest BCUT2D eigenvalue weighted by Gasteiger charge is 2.25. The summed E-state index contributed by atoms with van der Waals surface area (Å²) in [7, 11) is 1.56. The Labute approximate surface area is 165 Å². The summed E-state index contributed by atoms with van der Waals surface area (Å²) in [6.45, 7) is 1.59. The summed E-state index contributed by atoms with van der Waals surface area (Å²) in [5, 5.41) is 8.15. The Bertz CT molecular complexity index is 924. The number of amides is 1. The van der Waals surface area contributed by atoms with Gasteiger partial charge < -0.3 is 9.64 Å². The molecule has 0 aliphatic carbocycles. The van der Waals surface area contributed by atoms with Gasteiger partial charge in [-0.1, -0.05) is 42.5 Å². The minimum atomic E-state index is 0.0907. The van der Waals surface area contributed by atoms with E-state index in [-0.39, 0.29) is 5.91 Å². The lowest BCUT2D eigenvalue weighted by Crippen LogP contribution is -2.39. The molecule has 0 N–H and O–H groups in total. The van der Waals surface area contributed by atoms with Gasteiger partial charge in [-0.15, -0.1) is 10.2 Å². The number of benzene rings is 2. The van der Waals surface area contributed by atoms with Crippen molar-refractivity contribution in [3.05, 3.63) is 77.9 Å². The van der Waals surface area contributed by atoms with Crippen molar-refractivity contribution in [3.63, 3.8) is 0 Å². The number of carbonyl (C=O) groups is 1. The van der Waals surface area contributed by atoms with Crippen LogP contribution in [0, 0.1) is 0 Å². The van der Waals surface area contributed by atoms with Crippen LogP contribution in [0.1, 0.15) is 34.7 Å². The molecule has 28 heavy (non-hydrogen) atoms. The van der Waals surface area contributed by atoms with E-state index in [4.69, 9.17) is 4.74 Å². The molecule has 1 aliphatic heterocycles. The van der Waals surface area contributed by atoms with Crippen LogP contribution in [0.2, 0.25) is 0 Å². The molecule has 1 atom stereocenters. The third-order valence-electron chi connectivity index (χ3n) is 5.26. The maximum Gasteiger partial charge on any atom is 0.253 e. The zero-order valence-corrected chi connectivity index (χ0v) is 15.9. The topological polar surface area (TPSA) is 55.3 Å². The molecule has 2 aromatic carbocycles. The zero-order chi connectivity index (χ0) is 19.3. The number of hydrogen-bond donors (Lipinski definition) is 0. The van der Waals surface area contributed by atoms with Gasteiger partial charge in [-0.05, 0) is 36.6 Å². The molecule has 5 heteroatoms. The van der Waals surface area contributed by atoms with Crippen LogP contribution in [0.25, 0.3) is 11.3 Å². The number of rotatable bonds is 4. The Kier molecular flexibility index (Phi) is 5.33. The number of likely N-dealkylation sites (tertiary alicyclic amines) is 1. The van der Waals surface area contributed by atoms with E-state index in [0.29, 0.717) is 17.4 Å². The van der Waals surface area contributed by atoms with E-state index in [9.17, 15) is 4.79 Å². The van der Waals surface area contributed by atoms with Crippen molar-refractivity contribution in [3.8, 4) is 17.1 Å². The maximum atomic E-state index is 13.0. The second-order valence-corrected chi connectivity index (χ2v) is 7.04. The van der Waals surface area contributed by atoms with Gasteiger partial charge in [0.2, 0.25) is 5.88 Å². The molecule has 0 saturated carbocycles. The number of carbonyl (C=O) groups excluding carboxylic acids is 1. The molecule has 4 rings (SSSR count). The fourth-order valence-electron chi connectivity index (χ4n) is 3.71. The molecule has 2 heterocycles. The van der Waals surface area contributed by atoms with Crippen molar-refractivity contribution in [2.45, 2.75) is 18.8 Å². The fourth-order valence-corrected chi connectivity index (χ4v) is 3.71. The van der Waals surface area contributed by atoms with Crippen LogP contribution in [0.5, 0.6) is 5.88 Å². The zero-order valence-electron chi connectivity index (χ0n) is 15.9. The van der Waals surface area contributed by atoms with Crippen molar-refractivity contribution in [2.75, 3.05) is 20.2 Å². The van der Waals surface area contributed by atoms with Crippen LogP contribution in [0.15, 0.2) is 66.7 Å². The molecule has 1 amide bonds. The highest BCUT2D eigenvalue weighted by Crippen LogP contribution is 2.28. The lowest BCUT2D eigenvalue weighted by molar-refractivity contribution is 0.0707. The average molecular weight is 373 g/mol. The first kappa shape index (κ1) is 18.2. The van der Waals surface area contributed by atoms with E-state index in [2.05, 4.69) is 34.5 Å². The average Bonchev–Trinajstić information content (AvgIpc) is 2.79. The van der Waals surface area contributed by atoms with Crippen LogP contribution in [0.3, 0.4) is 0 Å². The minimum Gasteiger partial charge on any atom is -0.480 e. The van der Waals surface area contributed by atoms with Gasteiger partial charge in [-0.2, -0.15) is 0 Å². The summed E-state index contributed by atoms with van der Waals surface area (Å²) in [6.07, 6.45) is 2.16. The molecule has 0 radical (unpaired) electrons. The van der Waals surface area contributed by atoms with E-state index in [1.807, 2.05) is 41.3 Å². The Morgan fingerprint density at radius 3 is 2.46 bits per heavy atom. The largest absolute Gasteiger partial charge is 0.480 e. The number of methoxy groups -OCH3 is 1. The van der Waals surface area contributed by atoms with E-state index >= 15 is 0 Å². The lowest BCUT2D eigenvalue weighted by Gasteiger charge is -2.33. The molecular weight excluding hydrogens is 350 g/mol. The van der Waals surface area contributed by atoms with Crippen LogP contribution in [-0.4, -0.2) is 41.2 Å². The van der Waals surface area contributed by atoms with E-state index in [1.165, 1.54) is 5.56 Å². The van der Waals surface area contributed by atoms with Gasteiger partial charge >= 0.3 is 0 Å². The standard InChI is InChI=1S/C23H23N3O2/c1-28-22-14-13-21(24-25-22)18-9-11-19(12-10-18)23(27)26-15-5-8-20(16-26)17-6-3-2-4-7-17/h2-4,6-7,9-14,20H,5,8,15-16H2,1H3. The van der Waals surface area contributed by atoms with Gasteiger partial charge in [0, 0.05) is 36.2 Å². The van der Waals surface area contributed by atoms with Crippen molar-refractivity contribution in [1.82, 2.24) is 15.1 Å². The van der Waals surface area contributed by atoms with Crippen LogP contribution in [0.4, 0.5) is 0 Å². The van der Waals surface area contributed by atoms with Gasteiger partial charge in [0.05, 0.1) is 12.8 Å². The third-order valence-corrected chi connectivity index (χ3v) is 5.26. The molecule has 3 aromatic rings. The van der Waals surface area contributed by atoms with Gasteiger partial charge in [-0.3, -0.25) is 4.79 Å². The molecule has 142 valence electrons. The Morgan fingerprint density at radius 1 is 1.00 bits per heavy atom. The predicted octanol–water partition coefficient (Wildman–Crippen LogP) is 4.17. The SMILES string of the molecule is COc1ccc(-c2ccc(C(=O)N3CCCC(c4ccccc4)C3)cc2)nn1. The molecule has 1 aromatic heterocycles. The summed E-state index contributed by atoms with van der Waals surface area (Å²) < 4.78 is 5.04. The van der Waals surface area contributed by atoms with E-state index in [0.717, 1.165) is 37.2 Å². The summed E-state index contributed by atoms with van der Waals surface area (Å²) in [4.78, 5) is 15.0. The molecular formula is C23H23N3O2. The molecule has 1 saturated heterocycles. The fraction of sp³-hybridized carbons (Fsp3) is 0.261. The Hall–Kier alpha value is -3.21. The predicted molar refractivity (Wildman–Crippen MR) is 108 cm³/mol. The Morgan fingerprint density at radius 2 is 1.79 bits per heavy atom. The first-order chi connectivity index (χ1) is 13.7. The number of hydrogen-bond acceptors (Lipinski definition) is 4. The smallest absolute Gasteiger partial charge is 0.253 e. The lowest BCUT2D eigenvalue weighted by atomic mass is 9.90. The summed E-state index contributed by atoms with van der Waals surface area (Å²) in [5.41, 5.74) is 3.70. The van der Waals surface area contributed by atoms with Crippen LogP contribution < -0.4 is 4.74 Å². The maximum absolute atomic E-state index is 13.0. The number of ether oxygens (including phenoxy) is 1. The quantitative estimate of drug-likeness (QED) is 0.689. The van der Waals surface area contributed by atoms with E-state index in [1.54, 1.807) is 13.2 Å². The molecule has 1 fully saturated rings. The van der Waals surface area contributed by atoms with Gasteiger partial charge in [0.25, 0.3) is 5.91 Å². The normalized spacial score (nSPS) is 16.6. The monoisotopic (exact) mass is 373 g/mol. The summed E-state index contributed by atoms with van der Waals surface area (Å²) in [5.74, 6) is 0.981. The van der Waals surface area contributed by atoms with Gasteiger partial charge in [-0.25, -0.2) is 0 Å². The number of piperidine rings is 1. The van der Waals surface area contributed by atoms with Gasteiger partial charge in [0.1, 0.15) is 0 Å². The highest BCUT2D eigenvalue weighted by atomic mass is 16.5. The first-order valence-corrected chi connectivity index (χ1v) is 9.57. The third kappa shape index (κ3) is 3.88. The number of aromatic nitrogens is 2. The molecule has 1 aliphatic rings.